The predicted octanol–water partition coefficient (Wildman–Crippen LogP) is 0.784. The molecule has 1 aromatic heterocycles. The van der Waals surface area contributed by atoms with Crippen LogP contribution in [0.4, 0.5) is 4.79 Å². The summed E-state index contributed by atoms with van der Waals surface area (Å²) >= 11 is 0. The quantitative estimate of drug-likeness (QED) is 0.779. The third kappa shape index (κ3) is 1.80. The van der Waals surface area contributed by atoms with Crippen molar-refractivity contribution in [3.63, 3.8) is 0 Å². The highest BCUT2D eigenvalue weighted by Gasteiger charge is 2.45. The number of nitrogens with zero attached hydrogens (tertiary/aromatic N) is 3. The van der Waals surface area contributed by atoms with Crippen molar-refractivity contribution in [2.75, 3.05) is 0 Å². The van der Waals surface area contributed by atoms with E-state index in [0.717, 1.165) is 0 Å². The van der Waals surface area contributed by atoms with Gasteiger partial charge in [0, 0.05) is 11.8 Å². The van der Waals surface area contributed by atoms with E-state index >= 15 is 0 Å². The van der Waals surface area contributed by atoms with E-state index in [1.807, 2.05) is 6.07 Å². The van der Waals surface area contributed by atoms with Crippen molar-refractivity contribution in [1.82, 2.24) is 15.2 Å². The fourth-order valence-corrected chi connectivity index (χ4v) is 1.80. The van der Waals surface area contributed by atoms with Gasteiger partial charge in [-0.2, -0.15) is 5.26 Å². The fourth-order valence-electron chi connectivity index (χ4n) is 1.80. The first-order valence-electron chi connectivity index (χ1n) is 5.44. The first kappa shape index (κ1) is 12.0. The maximum absolute atomic E-state index is 11.7. The zero-order valence-electron chi connectivity index (χ0n) is 10.1. The second kappa shape index (κ2) is 4.11. The Kier molecular flexibility index (Phi) is 2.75. The highest BCUT2D eigenvalue weighted by Crippen LogP contribution is 2.23. The van der Waals surface area contributed by atoms with Crippen LogP contribution < -0.4 is 5.32 Å². The number of urea groups is 1. The molecule has 1 aliphatic heterocycles. The molecule has 1 saturated heterocycles. The Hall–Kier alpha value is -2.42. The van der Waals surface area contributed by atoms with Gasteiger partial charge in [-0.05, 0) is 19.9 Å². The number of rotatable bonds is 2. The van der Waals surface area contributed by atoms with Crippen molar-refractivity contribution >= 4 is 11.9 Å². The number of aromatic nitrogens is 1. The molecule has 0 bridgehead atoms. The van der Waals surface area contributed by atoms with E-state index < -0.39 is 11.6 Å². The average Bonchev–Trinajstić information content (AvgIpc) is 2.53. The molecule has 6 nitrogen and oxygen atoms in total. The van der Waals surface area contributed by atoms with Crippen molar-refractivity contribution in [1.29, 1.82) is 5.26 Å². The Bertz CT molecular complexity index is 559. The molecular formula is C12H12N4O2. The Morgan fingerprint density at radius 2 is 2.22 bits per heavy atom. The summed E-state index contributed by atoms with van der Waals surface area (Å²) in [4.78, 5) is 28.6. The molecular weight excluding hydrogens is 232 g/mol. The fraction of sp³-hybridized carbons (Fsp3) is 0.333. The lowest BCUT2D eigenvalue weighted by Crippen LogP contribution is -2.43. The lowest BCUT2D eigenvalue weighted by Gasteiger charge is -2.27. The molecule has 0 spiro atoms. The van der Waals surface area contributed by atoms with E-state index in [-0.39, 0.29) is 18.1 Å². The number of carbonyl (C=O) groups is 2. The van der Waals surface area contributed by atoms with Crippen molar-refractivity contribution in [2.24, 2.45) is 0 Å². The SMILES string of the molecule is CC1(C)C(=O)NC(=O)N1Cc1cccnc1C#N. The van der Waals surface area contributed by atoms with Crippen LogP contribution in [0.25, 0.3) is 0 Å². The van der Waals surface area contributed by atoms with E-state index in [1.54, 1.807) is 26.0 Å². The summed E-state index contributed by atoms with van der Waals surface area (Å²) in [5, 5.41) is 11.2. The number of carbonyl (C=O) groups excluding carboxylic acids is 2. The van der Waals surface area contributed by atoms with Crippen molar-refractivity contribution < 1.29 is 9.59 Å². The summed E-state index contributed by atoms with van der Waals surface area (Å²) in [6.45, 7) is 3.51. The number of amides is 3. The summed E-state index contributed by atoms with van der Waals surface area (Å²) in [5.74, 6) is -0.338. The molecule has 0 aromatic carbocycles. The van der Waals surface area contributed by atoms with Gasteiger partial charge in [0.25, 0.3) is 5.91 Å². The van der Waals surface area contributed by atoms with Gasteiger partial charge >= 0.3 is 6.03 Å². The average molecular weight is 244 g/mol. The van der Waals surface area contributed by atoms with Crippen LogP contribution in [0.3, 0.4) is 0 Å². The van der Waals surface area contributed by atoms with Gasteiger partial charge in [-0.1, -0.05) is 6.07 Å². The number of imide groups is 1. The predicted molar refractivity (Wildman–Crippen MR) is 62.1 cm³/mol. The number of hydrogen-bond donors (Lipinski definition) is 1. The maximum Gasteiger partial charge on any atom is 0.325 e. The van der Waals surface area contributed by atoms with Crippen LogP contribution in [-0.2, 0) is 11.3 Å². The van der Waals surface area contributed by atoms with Gasteiger partial charge in [0.15, 0.2) is 0 Å². The highest BCUT2D eigenvalue weighted by atomic mass is 16.2. The normalized spacial score (nSPS) is 17.5. The molecule has 0 saturated carbocycles. The standard InChI is InChI=1S/C12H12N4O2/c1-12(2)10(17)15-11(18)16(12)7-8-4-3-5-14-9(8)6-13/h3-5H,7H2,1-2H3,(H,15,17,18). The lowest BCUT2D eigenvalue weighted by atomic mass is 10.0. The molecule has 92 valence electrons. The van der Waals surface area contributed by atoms with Gasteiger partial charge < -0.3 is 4.90 Å². The Labute approximate surface area is 104 Å². The first-order valence-corrected chi connectivity index (χ1v) is 5.44. The Balaban J connectivity index is 2.32. The van der Waals surface area contributed by atoms with Gasteiger partial charge in [-0.15, -0.1) is 0 Å². The van der Waals surface area contributed by atoms with Crippen LogP contribution >= 0.6 is 0 Å². The van der Waals surface area contributed by atoms with Crippen molar-refractivity contribution in [2.45, 2.75) is 25.9 Å². The second-order valence-electron chi connectivity index (χ2n) is 4.53. The zero-order valence-corrected chi connectivity index (χ0v) is 10.1. The van der Waals surface area contributed by atoms with Crippen LogP contribution in [0.5, 0.6) is 0 Å². The van der Waals surface area contributed by atoms with Crippen LogP contribution in [0.1, 0.15) is 25.1 Å². The second-order valence-corrected chi connectivity index (χ2v) is 4.53. The minimum atomic E-state index is -0.917. The molecule has 1 fully saturated rings. The molecule has 0 radical (unpaired) electrons. The highest BCUT2D eigenvalue weighted by molar-refractivity contribution is 6.06. The molecule has 0 unspecified atom stereocenters. The van der Waals surface area contributed by atoms with Gasteiger partial charge in [-0.3, -0.25) is 10.1 Å². The van der Waals surface area contributed by atoms with E-state index in [2.05, 4.69) is 10.3 Å². The zero-order chi connectivity index (χ0) is 13.3. The molecule has 0 aliphatic carbocycles. The number of nitriles is 1. The molecule has 18 heavy (non-hydrogen) atoms. The molecule has 1 aromatic rings. The molecule has 1 aliphatic rings. The van der Waals surface area contributed by atoms with Crippen LogP contribution in [0.15, 0.2) is 18.3 Å². The lowest BCUT2D eigenvalue weighted by molar-refractivity contribution is -0.125. The van der Waals surface area contributed by atoms with E-state index in [9.17, 15) is 9.59 Å². The van der Waals surface area contributed by atoms with Crippen molar-refractivity contribution in [3.8, 4) is 6.07 Å². The topological polar surface area (TPSA) is 86.1 Å². The molecule has 0 atom stereocenters. The Morgan fingerprint density at radius 3 is 2.78 bits per heavy atom. The largest absolute Gasteiger partial charge is 0.325 e. The van der Waals surface area contributed by atoms with E-state index in [1.165, 1.54) is 11.1 Å². The van der Waals surface area contributed by atoms with Gasteiger partial charge in [-0.25, -0.2) is 9.78 Å². The summed E-state index contributed by atoms with van der Waals surface area (Å²) in [5.41, 5.74) is -0.0296. The van der Waals surface area contributed by atoms with Gasteiger partial charge in [0.05, 0.1) is 6.54 Å². The number of nitrogens with one attached hydrogen (secondary N) is 1. The minimum absolute atomic E-state index is 0.182. The molecule has 2 rings (SSSR count). The van der Waals surface area contributed by atoms with E-state index in [0.29, 0.717) is 5.56 Å². The number of hydrogen-bond acceptors (Lipinski definition) is 4. The van der Waals surface area contributed by atoms with Gasteiger partial charge in [0.1, 0.15) is 17.3 Å². The molecule has 6 heteroatoms. The molecule has 3 amide bonds. The van der Waals surface area contributed by atoms with Crippen molar-refractivity contribution in [3.05, 3.63) is 29.6 Å². The Morgan fingerprint density at radius 1 is 1.50 bits per heavy atom. The first-order chi connectivity index (χ1) is 8.46. The molecule has 2 heterocycles. The summed E-state index contributed by atoms with van der Waals surface area (Å²) < 4.78 is 0. The van der Waals surface area contributed by atoms with Crippen LogP contribution in [-0.4, -0.2) is 27.4 Å². The smallest absolute Gasteiger partial charge is 0.306 e. The summed E-state index contributed by atoms with van der Waals surface area (Å²) in [6, 6.07) is 4.94. The number of pyridine rings is 1. The van der Waals surface area contributed by atoms with Crippen LogP contribution in [0.2, 0.25) is 0 Å². The maximum atomic E-state index is 11.7. The third-order valence-corrected chi connectivity index (χ3v) is 3.02. The third-order valence-electron chi connectivity index (χ3n) is 3.02. The van der Waals surface area contributed by atoms with Crippen LogP contribution in [0, 0.1) is 11.3 Å². The molecule has 1 N–H and O–H groups in total. The summed E-state index contributed by atoms with van der Waals surface area (Å²) in [7, 11) is 0. The van der Waals surface area contributed by atoms with E-state index in [4.69, 9.17) is 5.26 Å². The minimum Gasteiger partial charge on any atom is -0.306 e. The van der Waals surface area contributed by atoms with Gasteiger partial charge in [0.2, 0.25) is 0 Å². The summed E-state index contributed by atoms with van der Waals surface area (Å²) in [6.07, 6.45) is 1.52. The monoisotopic (exact) mass is 244 g/mol.